The summed E-state index contributed by atoms with van der Waals surface area (Å²) >= 11 is 0. The molecule has 1 saturated heterocycles. The monoisotopic (exact) mass is 865 g/mol. The Hall–Kier alpha value is -4.81. The van der Waals surface area contributed by atoms with Crippen molar-refractivity contribution in [2.75, 3.05) is 112 Å². The van der Waals surface area contributed by atoms with Crippen LogP contribution >= 0.6 is 0 Å². The minimum absolute atomic E-state index is 0.00958. The molecular weight excluding hydrogens is 795 g/mol. The maximum atomic E-state index is 12.0. The molecule has 62 heavy (non-hydrogen) atoms. The Morgan fingerprint density at radius 3 is 1.55 bits per heavy atom. The maximum Gasteiger partial charge on any atom is 0.331 e. The number of nitrogens with zero attached hydrogens (tertiary/aromatic N) is 7. The molecule has 1 heterocycles. The van der Waals surface area contributed by atoms with Crippen LogP contribution < -0.4 is 4.74 Å². The third kappa shape index (κ3) is 21.8. The molecule has 2 N–H and O–H groups in total. The van der Waals surface area contributed by atoms with Crippen molar-refractivity contribution in [2.45, 2.75) is 51.9 Å². The van der Waals surface area contributed by atoms with Crippen LogP contribution in [0.2, 0.25) is 0 Å². The largest absolute Gasteiger partial charge is 0.494 e. The van der Waals surface area contributed by atoms with Crippen LogP contribution in [0.25, 0.3) is 0 Å². The Bertz CT molecular complexity index is 1650. The normalized spacial score (nSPS) is 13.1. The number of unbranched alkanes of at least 4 members (excludes halogenated alkanes) is 4. The standard InChI is InChI=1S/C46H70N7O9/c1-5-9-14-40-15-17-41(18-16-40)47-48-42-19-21-43(22-20-42)59-34-13-11-10-12-23-49(35-54)24-25-50(36-60-44(56)6-2)26-27-51(37-61-45(57)7-3)28-29-52(38-62-46(58)8-4)30-31-53(39-55)32-33-53/h6-8,15-22,54-55H,2-5,9-14,23-39H2,1H3/q+1. The van der Waals surface area contributed by atoms with Gasteiger partial charge in [0, 0.05) is 64.0 Å². The van der Waals surface area contributed by atoms with Crippen molar-refractivity contribution in [3.8, 4) is 5.75 Å². The highest BCUT2D eigenvalue weighted by molar-refractivity contribution is 5.81. The molecule has 0 amide bonds. The van der Waals surface area contributed by atoms with Gasteiger partial charge in [-0.15, -0.1) is 0 Å². The number of quaternary nitrogens is 1. The van der Waals surface area contributed by atoms with Crippen molar-refractivity contribution in [1.82, 2.24) is 19.6 Å². The molecule has 0 aliphatic carbocycles. The molecule has 16 heteroatoms. The fraction of sp³-hybridized carbons (Fsp3) is 0.543. The number of rotatable bonds is 36. The van der Waals surface area contributed by atoms with Crippen LogP contribution in [-0.4, -0.2) is 164 Å². The van der Waals surface area contributed by atoms with Gasteiger partial charge < -0.3 is 29.2 Å². The molecule has 0 bridgehead atoms. The SMILES string of the molecule is C=CC(=O)OCN(CCN(CO)CCCCCCOc1ccc(N=Nc2ccc(CCCC)cc2)cc1)CCN(CCN(CC[N+]1(CO)CC1)COC(=O)C=C)COC(=O)C=C. The summed E-state index contributed by atoms with van der Waals surface area (Å²) in [5.74, 6) is -0.856. The summed E-state index contributed by atoms with van der Waals surface area (Å²) in [6, 6.07) is 15.8. The first-order valence-electron chi connectivity index (χ1n) is 21.7. The van der Waals surface area contributed by atoms with Gasteiger partial charge in [-0.3, -0.25) is 24.1 Å². The van der Waals surface area contributed by atoms with Crippen LogP contribution in [0.3, 0.4) is 0 Å². The van der Waals surface area contributed by atoms with Gasteiger partial charge in [0.1, 0.15) is 39.0 Å². The summed E-state index contributed by atoms with van der Waals surface area (Å²) in [7, 11) is 0. The van der Waals surface area contributed by atoms with Crippen molar-refractivity contribution < 1.29 is 48.0 Å². The average molecular weight is 865 g/mol. The van der Waals surface area contributed by atoms with Gasteiger partial charge in [-0.2, -0.15) is 10.2 Å². The molecule has 0 saturated carbocycles. The first-order valence-corrected chi connectivity index (χ1v) is 21.7. The van der Waals surface area contributed by atoms with Crippen LogP contribution in [0.4, 0.5) is 11.4 Å². The van der Waals surface area contributed by atoms with Crippen LogP contribution in [0, 0.1) is 0 Å². The number of ether oxygens (including phenoxy) is 4. The first kappa shape index (κ1) is 51.5. The zero-order valence-corrected chi connectivity index (χ0v) is 36.8. The molecule has 1 aliphatic heterocycles. The second-order valence-electron chi connectivity index (χ2n) is 15.4. The van der Waals surface area contributed by atoms with Crippen LogP contribution in [0.5, 0.6) is 5.75 Å². The van der Waals surface area contributed by atoms with Crippen LogP contribution in [-0.2, 0) is 35.0 Å². The van der Waals surface area contributed by atoms with E-state index in [4.69, 9.17) is 18.9 Å². The molecule has 0 unspecified atom stereocenters. The lowest BCUT2D eigenvalue weighted by atomic mass is 10.1. The van der Waals surface area contributed by atoms with Gasteiger partial charge in [-0.25, -0.2) is 14.4 Å². The number of carbonyl (C=O) groups excluding carboxylic acids is 3. The zero-order valence-electron chi connectivity index (χ0n) is 36.8. The van der Waals surface area contributed by atoms with Gasteiger partial charge in [0.15, 0.2) is 6.73 Å². The highest BCUT2D eigenvalue weighted by Crippen LogP contribution is 2.23. The number of carbonyl (C=O) groups is 3. The number of benzene rings is 2. The lowest BCUT2D eigenvalue weighted by molar-refractivity contribution is -0.821. The average Bonchev–Trinajstić information content (AvgIpc) is 4.10. The summed E-state index contributed by atoms with van der Waals surface area (Å²) in [4.78, 5) is 43.6. The predicted molar refractivity (Wildman–Crippen MR) is 238 cm³/mol. The minimum Gasteiger partial charge on any atom is -0.494 e. The Labute approximate surface area is 368 Å². The summed E-state index contributed by atoms with van der Waals surface area (Å²) in [5, 5.41) is 28.7. The molecule has 3 rings (SSSR count). The Kier molecular flexibility index (Phi) is 25.2. The van der Waals surface area contributed by atoms with Crippen LogP contribution in [0.15, 0.2) is 96.7 Å². The number of aryl methyl sites for hydroxylation is 1. The van der Waals surface area contributed by atoms with E-state index in [1.165, 1.54) is 18.4 Å². The van der Waals surface area contributed by atoms with Gasteiger partial charge in [-0.05, 0) is 67.6 Å². The maximum absolute atomic E-state index is 12.0. The lowest BCUT2D eigenvalue weighted by Gasteiger charge is -2.30. The van der Waals surface area contributed by atoms with E-state index in [2.05, 4.69) is 49.0 Å². The van der Waals surface area contributed by atoms with E-state index in [0.29, 0.717) is 70.0 Å². The smallest absolute Gasteiger partial charge is 0.331 e. The van der Waals surface area contributed by atoms with Gasteiger partial charge in [0.05, 0.1) is 37.8 Å². The summed E-state index contributed by atoms with van der Waals surface area (Å²) in [6.07, 6.45) is 10.5. The molecular formula is C46H70N7O9+. The fourth-order valence-corrected chi connectivity index (χ4v) is 6.21. The van der Waals surface area contributed by atoms with Crippen molar-refractivity contribution in [1.29, 1.82) is 0 Å². The first-order chi connectivity index (χ1) is 30.1. The summed E-state index contributed by atoms with van der Waals surface area (Å²) in [6.45, 7) is 19.9. The van der Waals surface area contributed by atoms with Gasteiger partial charge in [-0.1, -0.05) is 58.1 Å². The molecule has 0 spiro atoms. The lowest BCUT2D eigenvalue weighted by Crippen LogP contribution is -2.45. The van der Waals surface area contributed by atoms with Crippen molar-refractivity contribution in [2.24, 2.45) is 10.2 Å². The molecule has 2 aromatic carbocycles. The summed E-state index contributed by atoms with van der Waals surface area (Å²) < 4.78 is 22.7. The Morgan fingerprint density at radius 2 is 1.10 bits per heavy atom. The fourth-order valence-electron chi connectivity index (χ4n) is 6.21. The van der Waals surface area contributed by atoms with E-state index in [1.54, 1.807) is 0 Å². The van der Waals surface area contributed by atoms with E-state index in [0.717, 1.165) is 80.5 Å². The number of aliphatic hydroxyl groups excluding tert-OH is 2. The Morgan fingerprint density at radius 1 is 0.629 bits per heavy atom. The quantitative estimate of drug-likeness (QED) is 0.0131. The highest BCUT2D eigenvalue weighted by Gasteiger charge is 2.41. The molecule has 16 nitrogen and oxygen atoms in total. The third-order valence-corrected chi connectivity index (χ3v) is 10.6. The molecule has 342 valence electrons. The van der Waals surface area contributed by atoms with Gasteiger partial charge in [0.25, 0.3) is 0 Å². The number of aliphatic hydroxyl groups is 2. The molecule has 1 fully saturated rings. The van der Waals surface area contributed by atoms with E-state index in [1.807, 2.05) is 56.0 Å². The zero-order chi connectivity index (χ0) is 44.8. The molecule has 0 aromatic heterocycles. The number of esters is 3. The molecule has 0 radical (unpaired) electrons. The number of azo groups is 1. The van der Waals surface area contributed by atoms with E-state index in [9.17, 15) is 24.6 Å². The third-order valence-electron chi connectivity index (χ3n) is 10.6. The van der Waals surface area contributed by atoms with E-state index >= 15 is 0 Å². The second-order valence-corrected chi connectivity index (χ2v) is 15.4. The van der Waals surface area contributed by atoms with Gasteiger partial charge >= 0.3 is 17.9 Å². The van der Waals surface area contributed by atoms with Crippen LogP contribution in [0.1, 0.15) is 51.0 Å². The highest BCUT2D eigenvalue weighted by atomic mass is 16.6. The molecule has 2 aromatic rings. The number of hydrogen-bond acceptors (Lipinski definition) is 15. The minimum atomic E-state index is -0.560. The topological polar surface area (TPSA) is 166 Å². The van der Waals surface area contributed by atoms with E-state index in [-0.39, 0.29) is 33.7 Å². The van der Waals surface area contributed by atoms with Gasteiger partial charge in [0.2, 0.25) is 0 Å². The van der Waals surface area contributed by atoms with Crippen molar-refractivity contribution >= 4 is 29.3 Å². The summed E-state index contributed by atoms with van der Waals surface area (Å²) in [5.41, 5.74) is 2.90. The predicted octanol–water partition coefficient (Wildman–Crippen LogP) is 5.38. The Balaban J connectivity index is 1.42. The van der Waals surface area contributed by atoms with E-state index < -0.39 is 17.9 Å². The second kappa shape index (κ2) is 30.3. The molecule has 0 atom stereocenters. The van der Waals surface area contributed by atoms with Crippen molar-refractivity contribution in [3.63, 3.8) is 0 Å². The molecule has 1 aliphatic rings. The van der Waals surface area contributed by atoms with Crippen molar-refractivity contribution in [3.05, 3.63) is 92.1 Å². The number of hydrogen-bond donors (Lipinski definition) is 2.